The van der Waals surface area contributed by atoms with Crippen molar-refractivity contribution in [1.29, 1.82) is 0 Å². The Balaban J connectivity index is 1.61. The van der Waals surface area contributed by atoms with Crippen molar-refractivity contribution >= 4 is 11.8 Å². The highest BCUT2D eigenvalue weighted by molar-refractivity contribution is 8.00. The number of thioether (sulfide) groups is 1. The molecule has 2 N–H and O–H groups in total. The maximum Gasteiger partial charge on any atom is 0.115 e. The zero-order valence-corrected chi connectivity index (χ0v) is 10.7. The van der Waals surface area contributed by atoms with Crippen LogP contribution in [0.4, 0.5) is 0 Å². The molecule has 2 aliphatic heterocycles. The quantitative estimate of drug-likeness (QED) is 0.830. The molecular weight excluding hydrogens is 232 g/mol. The molecule has 2 heterocycles. The number of rotatable bonds is 2. The van der Waals surface area contributed by atoms with Crippen molar-refractivity contribution < 1.29 is 5.11 Å². The summed E-state index contributed by atoms with van der Waals surface area (Å²) < 4.78 is 0. The summed E-state index contributed by atoms with van der Waals surface area (Å²) in [6.07, 6.45) is 1.10. The lowest BCUT2D eigenvalue weighted by atomic mass is 10.1. The number of phenolic OH excluding ortho intramolecular Hbond substituents is 1. The van der Waals surface area contributed by atoms with Gasteiger partial charge < -0.3 is 10.4 Å². The topological polar surface area (TPSA) is 35.5 Å². The van der Waals surface area contributed by atoms with Crippen molar-refractivity contribution in [2.75, 3.05) is 32.7 Å². The molecule has 92 valence electrons. The van der Waals surface area contributed by atoms with Crippen LogP contribution in [0.3, 0.4) is 0 Å². The lowest BCUT2D eigenvalue weighted by Crippen LogP contribution is -2.45. The monoisotopic (exact) mass is 250 g/mol. The van der Waals surface area contributed by atoms with Crippen molar-refractivity contribution in [2.45, 2.75) is 16.6 Å². The van der Waals surface area contributed by atoms with Crippen molar-refractivity contribution in [1.82, 2.24) is 10.2 Å². The van der Waals surface area contributed by atoms with Gasteiger partial charge in [-0.15, -0.1) is 11.8 Å². The van der Waals surface area contributed by atoms with E-state index in [-0.39, 0.29) is 0 Å². The average Bonchev–Trinajstić information content (AvgIpc) is 2.71. The van der Waals surface area contributed by atoms with E-state index >= 15 is 0 Å². The lowest BCUT2D eigenvalue weighted by molar-refractivity contribution is 0.242. The molecule has 17 heavy (non-hydrogen) atoms. The summed E-state index contributed by atoms with van der Waals surface area (Å²) in [5, 5.41) is 13.5. The van der Waals surface area contributed by atoms with Crippen molar-refractivity contribution in [3.8, 4) is 5.75 Å². The number of nitrogens with zero attached hydrogens (tertiary/aromatic N) is 1. The highest BCUT2D eigenvalue weighted by Gasteiger charge is 2.25. The van der Waals surface area contributed by atoms with Gasteiger partial charge in [0, 0.05) is 42.9 Å². The molecule has 0 aliphatic carbocycles. The van der Waals surface area contributed by atoms with Crippen LogP contribution in [0.25, 0.3) is 0 Å². The molecule has 1 atom stereocenters. The third-order valence-electron chi connectivity index (χ3n) is 3.46. The van der Waals surface area contributed by atoms with Gasteiger partial charge in [-0.25, -0.2) is 0 Å². The smallest absolute Gasteiger partial charge is 0.115 e. The third-order valence-corrected chi connectivity index (χ3v) is 4.76. The van der Waals surface area contributed by atoms with Gasteiger partial charge in [-0.1, -0.05) is 0 Å². The van der Waals surface area contributed by atoms with Crippen LogP contribution in [0.5, 0.6) is 5.75 Å². The van der Waals surface area contributed by atoms with Crippen LogP contribution >= 0.6 is 11.8 Å². The third kappa shape index (κ3) is 2.59. The summed E-state index contributed by atoms with van der Waals surface area (Å²) in [5.74, 6) is 0.396. The SMILES string of the molecule is Oc1ccc2c(c1)CC(CN1CCNCC1)S2. The van der Waals surface area contributed by atoms with Crippen molar-refractivity contribution in [2.24, 2.45) is 0 Å². The number of piperazine rings is 1. The highest BCUT2D eigenvalue weighted by atomic mass is 32.2. The number of aromatic hydroxyl groups is 1. The summed E-state index contributed by atoms with van der Waals surface area (Å²) in [7, 11) is 0. The largest absolute Gasteiger partial charge is 0.508 e. The molecule has 2 aliphatic rings. The van der Waals surface area contributed by atoms with E-state index in [1.807, 2.05) is 23.9 Å². The van der Waals surface area contributed by atoms with Crippen LogP contribution in [0.1, 0.15) is 5.56 Å². The lowest BCUT2D eigenvalue weighted by Gasteiger charge is -2.29. The maximum atomic E-state index is 9.48. The van der Waals surface area contributed by atoms with Crippen molar-refractivity contribution in [3.05, 3.63) is 23.8 Å². The van der Waals surface area contributed by atoms with Gasteiger partial charge in [0.2, 0.25) is 0 Å². The molecule has 0 bridgehead atoms. The Morgan fingerprint density at radius 1 is 1.35 bits per heavy atom. The van der Waals surface area contributed by atoms with Gasteiger partial charge in [-0.2, -0.15) is 0 Å². The van der Waals surface area contributed by atoms with Crippen LogP contribution in [0.15, 0.2) is 23.1 Å². The van der Waals surface area contributed by atoms with E-state index in [1.54, 1.807) is 6.07 Å². The number of benzene rings is 1. The predicted octanol–water partition coefficient (Wildman–Crippen LogP) is 1.31. The molecule has 1 saturated heterocycles. The maximum absolute atomic E-state index is 9.48. The molecule has 1 unspecified atom stereocenters. The molecule has 0 amide bonds. The minimum atomic E-state index is 0.396. The minimum absolute atomic E-state index is 0.396. The molecular formula is C13H18N2OS. The molecule has 0 radical (unpaired) electrons. The summed E-state index contributed by atoms with van der Waals surface area (Å²) in [6, 6.07) is 5.76. The predicted molar refractivity (Wildman–Crippen MR) is 70.8 cm³/mol. The molecule has 3 nitrogen and oxygen atoms in total. The second kappa shape index (κ2) is 4.88. The Hall–Kier alpha value is -0.710. The van der Waals surface area contributed by atoms with Gasteiger partial charge >= 0.3 is 0 Å². The zero-order chi connectivity index (χ0) is 11.7. The van der Waals surface area contributed by atoms with E-state index in [0.29, 0.717) is 11.0 Å². The normalized spacial score (nSPS) is 24.8. The Kier molecular flexibility index (Phi) is 3.27. The van der Waals surface area contributed by atoms with Crippen LogP contribution in [0, 0.1) is 0 Å². The summed E-state index contributed by atoms with van der Waals surface area (Å²) in [4.78, 5) is 3.89. The number of hydrogen-bond donors (Lipinski definition) is 2. The first-order valence-electron chi connectivity index (χ1n) is 6.23. The number of fused-ring (bicyclic) bond motifs is 1. The first-order chi connectivity index (χ1) is 8.31. The Bertz CT molecular complexity index is 404. The second-order valence-corrected chi connectivity index (χ2v) is 6.13. The van der Waals surface area contributed by atoms with E-state index in [2.05, 4.69) is 10.2 Å². The van der Waals surface area contributed by atoms with Gasteiger partial charge in [-0.3, -0.25) is 4.90 Å². The van der Waals surface area contributed by atoms with E-state index in [0.717, 1.165) is 19.5 Å². The van der Waals surface area contributed by atoms with Crippen LogP contribution in [-0.4, -0.2) is 48.0 Å². The van der Waals surface area contributed by atoms with Gasteiger partial charge in [0.25, 0.3) is 0 Å². The number of phenols is 1. The fourth-order valence-corrected chi connectivity index (χ4v) is 3.94. The van der Waals surface area contributed by atoms with E-state index in [9.17, 15) is 5.11 Å². The van der Waals surface area contributed by atoms with E-state index in [1.165, 1.54) is 30.1 Å². The number of hydrogen-bond acceptors (Lipinski definition) is 4. The molecule has 1 fully saturated rings. The van der Waals surface area contributed by atoms with Crippen LogP contribution in [-0.2, 0) is 6.42 Å². The number of nitrogens with one attached hydrogen (secondary N) is 1. The molecule has 0 saturated carbocycles. The van der Waals surface area contributed by atoms with Gasteiger partial charge in [0.15, 0.2) is 0 Å². The minimum Gasteiger partial charge on any atom is -0.508 e. The summed E-state index contributed by atoms with van der Waals surface area (Å²) in [6.45, 7) is 5.73. The standard InChI is InChI=1S/C13H18N2OS/c16-11-1-2-13-10(7-11)8-12(17-13)9-15-5-3-14-4-6-15/h1-2,7,12,14,16H,3-6,8-9H2. The van der Waals surface area contributed by atoms with E-state index in [4.69, 9.17) is 0 Å². The molecule has 1 aromatic carbocycles. The van der Waals surface area contributed by atoms with Gasteiger partial charge in [0.05, 0.1) is 0 Å². The highest BCUT2D eigenvalue weighted by Crippen LogP contribution is 2.38. The molecule has 4 heteroatoms. The zero-order valence-electron chi connectivity index (χ0n) is 9.85. The fraction of sp³-hybridized carbons (Fsp3) is 0.538. The van der Waals surface area contributed by atoms with Crippen LogP contribution in [0.2, 0.25) is 0 Å². The Labute approximate surface area is 106 Å². The average molecular weight is 250 g/mol. The Morgan fingerprint density at radius 3 is 3.00 bits per heavy atom. The molecule has 3 rings (SSSR count). The van der Waals surface area contributed by atoms with Crippen LogP contribution < -0.4 is 5.32 Å². The Morgan fingerprint density at radius 2 is 2.18 bits per heavy atom. The molecule has 0 aromatic heterocycles. The molecule has 1 aromatic rings. The first-order valence-corrected chi connectivity index (χ1v) is 7.11. The summed E-state index contributed by atoms with van der Waals surface area (Å²) in [5.41, 5.74) is 1.31. The second-order valence-electron chi connectivity index (χ2n) is 4.79. The molecule has 0 spiro atoms. The van der Waals surface area contributed by atoms with Gasteiger partial charge in [-0.05, 0) is 30.2 Å². The van der Waals surface area contributed by atoms with Crippen molar-refractivity contribution in [3.63, 3.8) is 0 Å². The van der Waals surface area contributed by atoms with E-state index < -0.39 is 0 Å². The summed E-state index contributed by atoms with van der Waals surface area (Å²) >= 11 is 1.97. The first kappa shape index (κ1) is 11.4. The fourth-order valence-electron chi connectivity index (χ4n) is 2.59. The van der Waals surface area contributed by atoms with Gasteiger partial charge in [0.1, 0.15) is 5.75 Å².